The topological polar surface area (TPSA) is 20.2 Å². The van der Waals surface area contributed by atoms with Crippen LogP contribution in [0.15, 0.2) is 0 Å². The Bertz CT molecular complexity index is 283. The fraction of sp³-hybridized carbons (Fsp3) is 1.00. The molecule has 0 heterocycles. The van der Waals surface area contributed by atoms with Crippen LogP contribution in [-0.4, -0.2) is 11.2 Å². The number of hydrogen-bond donors (Lipinski definition) is 1. The summed E-state index contributed by atoms with van der Waals surface area (Å²) in [5, 5.41) is 10.6. The fourth-order valence-electron chi connectivity index (χ4n) is 5.36. The highest BCUT2D eigenvalue weighted by molar-refractivity contribution is 5.06. The average Bonchev–Trinajstić information content (AvgIpc) is 2.24. The minimum absolute atomic E-state index is 0.0757. The lowest BCUT2D eigenvalue weighted by atomic mass is 9.45. The molecule has 0 aromatic heterocycles. The molecule has 2 saturated carbocycles. The third kappa shape index (κ3) is 1.85. The molecule has 0 amide bonds. The highest BCUT2D eigenvalue weighted by atomic mass is 16.3. The van der Waals surface area contributed by atoms with E-state index in [2.05, 4.69) is 34.6 Å². The van der Waals surface area contributed by atoms with Gasteiger partial charge in [-0.2, -0.15) is 0 Å². The van der Waals surface area contributed by atoms with Gasteiger partial charge >= 0.3 is 0 Å². The lowest BCUT2D eigenvalue weighted by Crippen LogP contribution is -2.57. The van der Waals surface area contributed by atoms with Crippen molar-refractivity contribution < 1.29 is 5.11 Å². The highest BCUT2D eigenvalue weighted by Gasteiger charge is 2.57. The molecule has 0 aliphatic heterocycles. The van der Waals surface area contributed by atoms with E-state index in [1.165, 1.54) is 25.7 Å². The Morgan fingerprint density at radius 1 is 1.12 bits per heavy atom. The monoisotopic (exact) mass is 238 g/mol. The average molecular weight is 238 g/mol. The third-order valence-electron chi connectivity index (χ3n) is 6.31. The molecule has 100 valence electrons. The SMILES string of the molecule is CC[C@H]1[C@@H](C)CC[C@H]2C(C)(C)CCC(O)[C@]12C. The van der Waals surface area contributed by atoms with Crippen LogP contribution < -0.4 is 0 Å². The second-order valence-electron chi connectivity index (χ2n) is 7.53. The van der Waals surface area contributed by atoms with Crippen molar-refractivity contribution in [2.45, 2.75) is 72.8 Å². The van der Waals surface area contributed by atoms with Crippen LogP contribution >= 0.6 is 0 Å². The Morgan fingerprint density at radius 3 is 2.35 bits per heavy atom. The van der Waals surface area contributed by atoms with Gasteiger partial charge in [-0.3, -0.25) is 0 Å². The van der Waals surface area contributed by atoms with Crippen molar-refractivity contribution in [2.75, 3.05) is 0 Å². The first-order chi connectivity index (χ1) is 7.84. The first-order valence-corrected chi connectivity index (χ1v) is 7.52. The van der Waals surface area contributed by atoms with Gasteiger partial charge in [0.1, 0.15) is 0 Å². The Kier molecular flexibility index (Phi) is 3.36. The molecular formula is C16H30O. The zero-order valence-electron chi connectivity index (χ0n) is 12.3. The largest absolute Gasteiger partial charge is 0.393 e. The van der Waals surface area contributed by atoms with Gasteiger partial charge in [0.25, 0.3) is 0 Å². The summed E-state index contributed by atoms with van der Waals surface area (Å²) < 4.78 is 0. The van der Waals surface area contributed by atoms with Gasteiger partial charge in [-0.25, -0.2) is 0 Å². The molecule has 0 spiro atoms. The molecular weight excluding hydrogens is 208 g/mol. The van der Waals surface area contributed by atoms with Gasteiger partial charge in [0.05, 0.1) is 6.10 Å². The fourth-order valence-corrected chi connectivity index (χ4v) is 5.36. The summed E-state index contributed by atoms with van der Waals surface area (Å²) in [5.41, 5.74) is 0.579. The maximum Gasteiger partial charge on any atom is 0.0599 e. The molecule has 2 aliphatic carbocycles. The van der Waals surface area contributed by atoms with Crippen LogP contribution in [0.3, 0.4) is 0 Å². The van der Waals surface area contributed by atoms with Gasteiger partial charge in [0, 0.05) is 0 Å². The summed E-state index contributed by atoms with van der Waals surface area (Å²) in [5.74, 6) is 2.19. The second-order valence-corrected chi connectivity index (χ2v) is 7.53. The molecule has 2 rings (SSSR count). The van der Waals surface area contributed by atoms with E-state index in [0.29, 0.717) is 17.3 Å². The molecule has 0 aromatic rings. The van der Waals surface area contributed by atoms with E-state index in [1.807, 2.05) is 0 Å². The van der Waals surface area contributed by atoms with Gasteiger partial charge < -0.3 is 5.11 Å². The Hall–Kier alpha value is -0.0400. The maximum atomic E-state index is 10.6. The van der Waals surface area contributed by atoms with Crippen molar-refractivity contribution >= 4 is 0 Å². The predicted molar refractivity (Wildman–Crippen MR) is 72.8 cm³/mol. The highest BCUT2D eigenvalue weighted by Crippen LogP contribution is 2.61. The quantitative estimate of drug-likeness (QED) is 0.724. The Balaban J connectivity index is 2.39. The smallest absolute Gasteiger partial charge is 0.0599 e. The molecule has 17 heavy (non-hydrogen) atoms. The predicted octanol–water partition coefficient (Wildman–Crippen LogP) is 4.25. The van der Waals surface area contributed by atoms with Crippen LogP contribution in [0.1, 0.15) is 66.7 Å². The molecule has 1 nitrogen and oxygen atoms in total. The van der Waals surface area contributed by atoms with E-state index in [4.69, 9.17) is 0 Å². The van der Waals surface area contributed by atoms with Crippen LogP contribution in [0, 0.1) is 28.6 Å². The minimum atomic E-state index is -0.0757. The lowest BCUT2D eigenvalue weighted by Gasteiger charge is -2.61. The van der Waals surface area contributed by atoms with Crippen LogP contribution in [0.5, 0.6) is 0 Å². The summed E-state index contributed by atoms with van der Waals surface area (Å²) in [6, 6.07) is 0. The van der Waals surface area contributed by atoms with E-state index in [9.17, 15) is 5.11 Å². The molecule has 0 aromatic carbocycles. The van der Waals surface area contributed by atoms with E-state index >= 15 is 0 Å². The van der Waals surface area contributed by atoms with Crippen molar-refractivity contribution in [3.63, 3.8) is 0 Å². The van der Waals surface area contributed by atoms with Crippen molar-refractivity contribution in [3.8, 4) is 0 Å². The zero-order valence-corrected chi connectivity index (χ0v) is 12.3. The van der Waals surface area contributed by atoms with Crippen molar-refractivity contribution in [1.82, 2.24) is 0 Å². The Labute approximate surface area is 107 Å². The number of rotatable bonds is 1. The normalized spacial score (nSPS) is 49.8. The summed E-state index contributed by atoms with van der Waals surface area (Å²) in [6.45, 7) is 11.9. The second kappa shape index (κ2) is 4.26. The molecule has 0 bridgehead atoms. The van der Waals surface area contributed by atoms with Crippen molar-refractivity contribution in [2.24, 2.45) is 28.6 Å². The summed E-state index contributed by atoms with van der Waals surface area (Å²) in [4.78, 5) is 0. The summed E-state index contributed by atoms with van der Waals surface area (Å²) in [7, 11) is 0. The Morgan fingerprint density at radius 2 is 1.76 bits per heavy atom. The standard InChI is InChI=1S/C16H30O/c1-6-12-11(2)7-8-13-15(3,4)10-9-14(17)16(12,13)5/h11-14,17H,6-10H2,1-5H3/t11-,12-,13-,14?,16+/m0/s1. The number of hydrogen-bond acceptors (Lipinski definition) is 1. The van der Waals surface area contributed by atoms with Gasteiger partial charge in [-0.1, -0.05) is 47.5 Å². The van der Waals surface area contributed by atoms with Gasteiger partial charge in [-0.05, 0) is 47.8 Å². The molecule has 1 unspecified atom stereocenters. The molecule has 0 radical (unpaired) electrons. The number of aliphatic hydroxyl groups excluding tert-OH is 1. The van der Waals surface area contributed by atoms with Crippen LogP contribution in [0.2, 0.25) is 0 Å². The minimum Gasteiger partial charge on any atom is -0.393 e. The van der Waals surface area contributed by atoms with Crippen LogP contribution in [0.4, 0.5) is 0 Å². The van der Waals surface area contributed by atoms with E-state index < -0.39 is 0 Å². The number of fused-ring (bicyclic) bond motifs is 1. The zero-order chi connectivity index (χ0) is 12.8. The first kappa shape index (κ1) is 13.4. The first-order valence-electron chi connectivity index (χ1n) is 7.52. The summed E-state index contributed by atoms with van der Waals surface area (Å²) in [6.07, 6.45) is 6.02. The lowest BCUT2D eigenvalue weighted by molar-refractivity contribution is -0.166. The third-order valence-corrected chi connectivity index (χ3v) is 6.31. The van der Waals surface area contributed by atoms with Crippen molar-refractivity contribution in [3.05, 3.63) is 0 Å². The van der Waals surface area contributed by atoms with E-state index in [1.54, 1.807) is 0 Å². The molecule has 1 N–H and O–H groups in total. The van der Waals surface area contributed by atoms with E-state index in [-0.39, 0.29) is 11.5 Å². The van der Waals surface area contributed by atoms with Crippen LogP contribution in [0.25, 0.3) is 0 Å². The van der Waals surface area contributed by atoms with Gasteiger partial charge in [0.15, 0.2) is 0 Å². The molecule has 2 aliphatic rings. The molecule has 5 atom stereocenters. The van der Waals surface area contributed by atoms with Gasteiger partial charge in [0.2, 0.25) is 0 Å². The van der Waals surface area contributed by atoms with Gasteiger partial charge in [-0.15, -0.1) is 0 Å². The number of aliphatic hydroxyl groups is 1. The summed E-state index contributed by atoms with van der Waals surface area (Å²) >= 11 is 0. The maximum absolute atomic E-state index is 10.6. The molecule has 1 heteroatoms. The van der Waals surface area contributed by atoms with E-state index in [0.717, 1.165) is 12.3 Å². The van der Waals surface area contributed by atoms with Crippen molar-refractivity contribution in [1.29, 1.82) is 0 Å². The molecule has 2 fully saturated rings. The molecule has 0 saturated heterocycles. The van der Waals surface area contributed by atoms with Crippen LogP contribution in [-0.2, 0) is 0 Å².